The maximum absolute atomic E-state index is 11.5. The first-order chi connectivity index (χ1) is 6.11. The smallest absolute Gasteiger partial charge is 0.238 e. The normalized spacial score (nSPS) is 24.4. The summed E-state index contributed by atoms with van der Waals surface area (Å²) >= 11 is 0. The minimum absolute atomic E-state index is 0.110. The van der Waals surface area contributed by atoms with Crippen LogP contribution in [0.3, 0.4) is 0 Å². The van der Waals surface area contributed by atoms with E-state index >= 15 is 0 Å². The zero-order valence-electron chi connectivity index (χ0n) is 8.54. The molecule has 4 heteroatoms. The van der Waals surface area contributed by atoms with Crippen molar-refractivity contribution in [2.45, 2.75) is 25.4 Å². The molecule has 4 nitrogen and oxygen atoms in total. The van der Waals surface area contributed by atoms with Crippen LogP contribution in [0, 0.1) is 0 Å². The second-order valence-corrected chi connectivity index (χ2v) is 3.68. The van der Waals surface area contributed by atoms with Gasteiger partial charge in [-0.2, -0.15) is 0 Å². The van der Waals surface area contributed by atoms with E-state index in [4.69, 9.17) is 4.74 Å². The molecule has 1 heterocycles. The highest BCUT2D eigenvalue weighted by Crippen LogP contribution is 2.04. The molecule has 0 aromatic carbocycles. The molecule has 0 spiro atoms. The Bertz CT molecular complexity index is 176. The van der Waals surface area contributed by atoms with Crippen LogP contribution >= 0.6 is 0 Å². The van der Waals surface area contributed by atoms with E-state index in [9.17, 15) is 4.79 Å². The number of carbonyl (C=O) groups is 1. The molecule has 1 fully saturated rings. The van der Waals surface area contributed by atoms with Crippen molar-refractivity contribution in [3.8, 4) is 0 Å². The largest absolute Gasteiger partial charge is 0.380 e. The van der Waals surface area contributed by atoms with Crippen molar-refractivity contribution in [2.24, 2.45) is 0 Å². The third-order valence-electron chi connectivity index (χ3n) is 2.23. The fourth-order valence-electron chi connectivity index (χ4n) is 1.48. The monoisotopic (exact) mass is 186 g/mol. The summed E-state index contributed by atoms with van der Waals surface area (Å²) < 4.78 is 5.21. The lowest BCUT2D eigenvalue weighted by molar-refractivity contribution is -0.130. The van der Waals surface area contributed by atoms with Crippen LogP contribution in [0.5, 0.6) is 0 Å². The lowest BCUT2D eigenvalue weighted by Gasteiger charge is -2.20. The number of rotatable bonds is 3. The summed E-state index contributed by atoms with van der Waals surface area (Å²) in [4.78, 5) is 13.1. The molecule has 1 amide bonds. The van der Waals surface area contributed by atoms with Crippen molar-refractivity contribution >= 4 is 5.91 Å². The van der Waals surface area contributed by atoms with Gasteiger partial charge in [0.05, 0.1) is 12.6 Å². The highest BCUT2D eigenvalue weighted by atomic mass is 16.5. The minimum atomic E-state index is -0.110. The van der Waals surface area contributed by atoms with Gasteiger partial charge in [0.2, 0.25) is 5.91 Å². The fourth-order valence-corrected chi connectivity index (χ4v) is 1.48. The van der Waals surface area contributed by atoms with Gasteiger partial charge in [-0.25, -0.2) is 0 Å². The molecule has 1 rings (SSSR count). The Morgan fingerprint density at radius 2 is 2.31 bits per heavy atom. The molecule has 2 atom stereocenters. The molecule has 0 saturated carbocycles. The summed E-state index contributed by atoms with van der Waals surface area (Å²) in [5, 5.41) is 3.24. The number of ether oxygens (including phenoxy) is 1. The van der Waals surface area contributed by atoms with Crippen LogP contribution in [0.2, 0.25) is 0 Å². The van der Waals surface area contributed by atoms with Crippen molar-refractivity contribution in [3.05, 3.63) is 0 Å². The predicted octanol–water partition coefficient (Wildman–Crippen LogP) is -0.158. The van der Waals surface area contributed by atoms with Crippen LogP contribution in [0.15, 0.2) is 0 Å². The summed E-state index contributed by atoms with van der Waals surface area (Å²) in [6, 6.07) is 0.237. The van der Waals surface area contributed by atoms with E-state index in [0.717, 1.165) is 19.6 Å². The van der Waals surface area contributed by atoms with Crippen LogP contribution in [-0.2, 0) is 9.53 Å². The molecule has 0 aromatic rings. The lowest BCUT2D eigenvalue weighted by Crippen LogP contribution is -2.46. The summed E-state index contributed by atoms with van der Waals surface area (Å²) in [5.74, 6) is 0.118. The molecule has 0 radical (unpaired) electrons. The van der Waals surface area contributed by atoms with Crippen LogP contribution < -0.4 is 5.32 Å². The van der Waals surface area contributed by atoms with Gasteiger partial charge in [-0.3, -0.25) is 4.79 Å². The molecule has 13 heavy (non-hydrogen) atoms. The third-order valence-corrected chi connectivity index (χ3v) is 2.23. The maximum Gasteiger partial charge on any atom is 0.238 e. The molecule has 76 valence electrons. The summed E-state index contributed by atoms with van der Waals surface area (Å²) in [5.41, 5.74) is 0. The fraction of sp³-hybridized carbons (Fsp3) is 0.889. The van der Waals surface area contributed by atoms with Crippen LogP contribution in [0.1, 0.15) is 13.3 Å². The van der Waals surface area contributed by atoms with Gasteiger partial charge in [-0.1, -0.05) is 0 Å². The first kappa shape index (κ1) is 10.5. The molecular formula is C9H18N2O2. The molecule has 1 unspecified atom stereocenters. The number of nitrogens with one attached hydrogen (secondary N) is 1. The lowest BCUT2D eigenvalue weighted by atomic mass is 10.2. The number of hydrogen-bond donors (Lipinski definition) is 1. The van der Waals surface area contributed by atoms with Crippen LogP contribution in [-0.4, -0.2) is 50.2 Å². The standard InChI is InChI=1S/C9H18N2O2/c1-7(9(12)11(2)3)10-8-4-5-13-6-8/h7-8,10H,4-6H2,1-3H3/t7-,8?/m0/s1. The highest BCUT2D eigenvalue weighted by molar-refractivity contribution is 5.80. The van der Waals surface area contributed by atoms with E-state index < -0.39 is 0 Å². The van der Waals surface area contributed by atoms with Crippen molar-refractivity contribution < 1.29 is 9.53 Å². The topological polar surface area (TPSA) is 41.6 Å². The molecule has 1 aliphatic heterocycles. The number of carbonyl (C=O) groups excluding carboxylic acids is 1. The van der Waals surface area contributed by atoms with E-state index in [-0.39, 0.29) is 11.9 Å². The second-order valence-electron chi connectivity index (χ2n) is 3.68. The first-order valence-corrected chi connectivity index (χ1v) is 4.66. The molecule has 0 bridgehead atoms. The summed E-state index contributed by atoms with van der Waals surface area (Å²) in [7, 11) is 3.54. The van der Waals surface area contributed by atoms with Crippen LogP contribution in [0.4, 0.5) is 0 Å². The quantitative estimate of drug-likeness (QED) is 0.666. The van der Waals surface area contributed by atoms with Gasteiger partial charge in [-0.15, -0.1) is 0 Å². The van der Waals surface area contributed by atoms with E-state index in [0.29, 0.717) is 6.04 Å². The SMILES string of the molecule is C[C@H](NC1CCOC1)C(=O)N(C)C. The minimum Gasteiger partial charge on any atom is -0.380 e. The molecular weight excluding hydrogens is 168 g/mol. The predicted molar refractivity (Wildman–Crippen MR) is 50.5 cm³/mol. The zero-order chi connectivity index (χ0) is 9.84. The van der Waals surface area contributed by atoms with E-state index in [1.54, 1.807) is 19.0 Å². The van der Waals surface area contributed by atoms with Gasteiger partial charge in [0, 0.05) is 26.7 Å². The first-order valence-electron chi connectivity index (χ1n) is 4.66. The number of likely N-dealkylation sites (N-methyl/N-ethyl adjacent to an activating group) is 1. The number of nitrogens with zero attached hydrogens (tertiary/aromatic N) is 1. The van der Waals surface area contributed by atoms with Crippen LogP contribution in [0.25, 0.3) is 0 Å². The van der Waals surface area contributed by atoms with E-state index in [2.05, 4.69) is 5.32 Å². The molecule has 0 aliphatic carbocycles. The summed E-state index contributed by atoms with van der Waals surface area (Å²) in [6.45, 7) is 3.42. The van der Waals surface area contributed by atoms with Gasteiger partial charge >= 0.3 is 0 Å². The Labute approximate surface area is 79.2 Å². The number of hydrogen-bond acceptors (Lipinski definition) is 3. The highest BCUT2D eigenvalue weighted by Gasteiger charge is 2.21. The molecule has 0 aromatic heterocycles. The zero-order valence-corrected chi connectivity index (χ0v) is 8.54. The summed E-state index contributed by atoms with van der Waals surface area (Å²) in [6.07, 6.45) is 1.01. The average Bonchev–Trinajstić information content (AvgIpc) is 2.55. The van der Waals surface area contributed by atoms with Gasteiger partial charge in [0.15, 0.2) is 0 Å². The van der Waals surface area contributed by atoms with Gasteiger partial charge in [0.25, 0.3) is 0 Å². The molecule has 1 saturated heterocycles. The molecule has 1 aliphatic rings. The molecule has 1 N–H and O–H groups in total. The van der Waals surface area contributed by atoms with Crippen molar-refractivity contribution in [1.82, 2.24) is 10.2 Å². The Kier molecular flexibility index (Phi) is 3.69. The van der Waals surface area contributed by atoms with Gasteiger partial charge < -0.3 is 15.0 Å². The Hall–Kier alpha value is -0.610. The van der Waals surface area contributed by atoms with Crippen molar-refractivity contribution in [1.29, 1.82) is 0 Å². The van der Waals surface area contributed by atoms with E-state index in [1.165, 1.54) is 0 Å². The van der Waals surface area contributed by atoms with Crippen molar-refractivity contribution in [2.75, 3.05) is 27.3 Å². The third kappa shape index (κ3) is 2.97. The van der Waals surface area contributed by atoms with E-state index in [1.807, 2.05) is 6.92 Å². The second kappa shape index (κ2) is 4.58. The van der Waals surface area contributed by atoms with Gasteiger partial charge in [-0.05, 0) is 13.3 Å². The number of amides is 1. The average molecular weight is 186 g/mol. The van der Waals surface area contributed by atoms with Crippen molar-refractivity contribution in [3.63, 3.8) is 0 Å². The Morgan fingerprint density at radius 1 is 1.62 bits per heavy atom. The Morgan fingerprint density at radius 3 is 2.77 bits per heavy atom. The maximum atomic E-state index is 11.5. The van der Waals surface area contributed by atoms with Gasteiger partial charge in [0.1, 0.15) is 0 Å². The Balaban J connectivity index is 2.31.